The number of rotatable bonds is 6. The van der Waals surface area contributed by atoms with Gasteiger partial charge in [0.25, 0.3) is 0 Å². The zero-order chi connectivity index (χ0) is 22.3. The summed E-state index contributed by atoms with van der Waals surface area (Å²) in [7, 11) is 0. The molecule has 0 fully saturated rings. The fourth-order valence-corrected chi connectivity index (χ4v) is 3.73. The number of nitrogens with two attached hydrogens (primary N) is 4. The molecule has 0 aliphatic heterocycles. The zero-order valence-electron chi connectivity index (χ0n) is 17.0. The number of amides is 1. The molecule has 1 amide bonds. The third-order valence-corrected chi connectivity index (χ3v) is 5.23. The van der Waals surface area contributed by atoms with Crippen LogP contribution in [0, 0.1) is 6.92 Å². The maximum absolute atomic E-state index is 11.4. The topological polar surface area (TPSA) is 177 Å². The fraction of sp³-hybridized carbons (Fsp3) is 0.190. The first-order valence-corrected chi connectivity index (χ1v) is 9.66. The Morgan fingerprint density at radius 3 is 2.39 bits per heavy atom. The largest absolute Gasteiger partial charge is 0.375 e. The predicted octanol–water partition coefficient (Wildman–Crippen LogP) is 1.16. The van der Waals surface area contributed by atoms with Crippen molar-refractivity contribution in [1.82, 2.24) is 19.1 Å². The van der Waals surface area contributed by atoms with Crippen molar-refractivity contribution < 1.29 is 9.90 Å². The summed E-state index contributed by atoms with van der Waals surface area (Å²) in [4.78, 5) is 20.1. The van der Waals surface area contributed by atoms with Crippen LogP contribution < -0.4 is 22.9 Å². The Morgan fingerprint density at radius 2 is 1.71 bits per heavy atom. The minimum atomic E-state index is -1.07. The van der Waals surface area contributed by atoms with Crippen LogP contribution in [-0.2, 0) is 13.1 Å². The standard InChI is InChI=1S/C21H24N8O2/c1-11-8-13(19(23)31)10-15-17(11)29(21(25)27-15)7-3-2-6-28-16-5-4-12(18(22)30)9-14(16)26-20(28)24/h2-5,8-10,19,31H,6-7,23H2,1H3,(H2,22,30)(H2,24,26)(H2,25,27)/b3-2+. The number of anilines is 2. The third-order valence-electron chi connectivity index (χ3n) is 5.23. The van der Waals surface area contributed by atoms with E-state index in [4.69, 9.17) is 22.9 Å². The number of allylic oxidation sites excluding steroid dienone is 2. The van der Waals surface area contributed by atoms with Crippen LogP contribution in [0.3, 0.4) is 0 Å². The van der Waals surface area contributed by atoms with E-state index in [-0.39, 0.29) is 0 Å². The van der Waals surface area contributed by atoms with Crippen molar-refractivity contribution in [3.05, 3.63) is 59.2 Å². The highest BCUT2D eigenvalue weighted by molar-refractivity contribution is 5.96. The summed E-state index contributed by atoms with van der Waals surface area (Å²) in [6.07, 6.45) is 2.85. The van der Waals surface area contributed by atoms with Gasteiger partial charge in [0.2, 0.25) is 17.8 Å². The van der Waals surface area contributed by atoms with E-state index < -0.39 is 12.1 Å². The Labute approximate surface area is 177 Å². The molecule has 1 unspecified atom stereocenters. The van der Waals surface area contributed by atoms with Crippen LogP contribution in [0.1, 0.15) is 27.7 Å². The fourth-order valence-electron chi connectivity index (χ4n) is 3.73. The van der Waals surface area contributed by atoms with Gasteiger partial charge in [-0.3, -0.25) is 4.79 Å². The molecule has 2 heterocycles. The lowest BCUT2D eigenvalue weighted by molar-refractivity contribution is 0.100. The molecule has 0 spiro atoms. The SMILES string of the molecule is Cc1cc(C(N)O)cc2nc(N)n(C/C=C/Cn3c(N)nc4cc(C(N)=O)ccc43)c12. The number of aromatic nitrogens is 4. The van der Waals surface area contributed by atoms with Crippen molar-refractivity contribution in [2.24, 2.45) is 11.5 Å². The zero-order valence-corrected chi connectivity index (χ0v) is 17.0. The van der Waals surface area contributed by atoms with Crippen LogP contribution >= 0.6 is 0 Å². The van der Waals surface area contributed by atoms with E-state index in [1.165, 1.54) is 0 Å². The molecule has 2 aromatic carbocycles. The first-order valence-electron chi connectivity index (χ1n) is 9.66. The smallest absolute Gasteiger partial charge is 0.248 e. The van der Waals surface area contributed by atoms with Gasteiger partial charge in [0.15, 0.2) is 0 Å². The molecule has 31 heavy (non-hydrogen) atoms. The van der Waals surface area contributed by atoms with Gasteiger partial charge in [0.1, 0.15) is 6.23 Å². The molecule has 10 nitrogen and oxygen atoms in total. The van der Waals surface area contributed by atoms with E-state index in [2.05, 4.69) is 9.97 Å². The number of imidazole rings is 2. The maximum Gasteiger partial charge on any atom is 0.248 e. The lowest BCUT2D eigenvalue weighted by atomic mass is 10.1. The monoisotopic (exact) mass is 420 g/mol. The lowest BCUT2D eigenvalue weighted by Gasteiger charge is -2.09. The Bertz CT molecular complexity index is 1330. The number of fused-ring (bicyclic) bond motifs is 2. The van der Waals surface area contributed by atoms with Gasteiger partial charge in [0, 0.05) is 18.7 Å². The van der Waals surface area contributed by atoms with Crippen molar-refractivity contribution in [1.29, 1.82) is 0 Å². The summed E-state index contributed by atoms with van der Waals surface area (Å²) in [5.41, 5.74) is 28.0. The molecule has 0 saturated heterocycles. The molecule has 4 rings (SSSR count). The van der Waals surface area contributed by atoms with E-state index in [0.29, 0.717) is 47.1 Å². The van der Waals surface area contributed by atoms with Crippen LogP contribution in [0.5, 0.6) is 0 Å². The van der Waals surface area contributed by atoms with E-state index in [1.807, 2.05) is 34.3 Å². The van der Waals surface area contributed by atoms with E-state index in [9.17, 15) is 9.90 Å². The molecule has 1 atom stereocenters. The summed E-state index contributed by atoms with van der Waals surface area (Å²) < 4.78 is 3.73. The number of aryl methyl sites for hydroxylation is 1. The molecular formula is C21H24N8O2. The summed E-state index contributed by atoms with van der Waals surface area (Å²) in [6.45, 7) is 2.92. The van der Waals surface area contributed by atoms with Crippen LogP contribution in [0.2, 0.25) is 0 Å². The number of aliphatic hydroxyl groups excluding tert-OH is 1. The summed E-state index contributed by atoms with van der Waals surface area (Å²) in [5, 5.41) is 9.65. The normalized spacial score (nSPS) is 12.9. The van der Waals surface area contributed by atoms with Gasteiger partial charge in [0.05, 0.1) is 22.1 Å². The number of nitrogens with zero attached hydrogens (tertiary/aromatic N) is 4. The molecule has 9 N–H and O–H groups in total. The van der Waals surface area contributed by atoms with Crippen LogP contribution in [0.25, 0.3) is 22.1 Å². The first kappa shape index (κ1) is 20.4. The highest BCUT2D eigenvalue weighted by Crippen LogP contribution is 2.25. The van der Waals surface area contributed by atoms with E-state index >= 15 is 0 Å². The lowest BCUT2D eigenvalue weighted by Crippen LogP contribution is -2.10. The Kier molecular flexibility index (Phi) is 5.09. The summed E-state index contributed by atoms with van der Waals surface area (Å²) >= 11 is 0. The summed E-state index contributed by atoms with van der Waals surface area (Å²) in [6, 6.07) is 8.62. The Morgan fingerprint density at radius 1 is 1.06 bits per heavy atom. The molecule has 160 valence electrons. The number of carbonyl (C=O) groups is 1. The van der Waals surface area contributed by atoms with Gasteiger partial charge in [-0.1, -0.05) is 12.2 Å². The van der Waals surface area contributed by atoms with Gasteiger partial charge >= 0.3 is 0 Å². The van der Waals surface area contributed by atoms with Crippen molar-refractivity contribution in [2.75, 3.05) is 11.5 Å². The third kappa shape index (κ3) is 3.69. The van der Waals surface area contributed by atoms with Crippen LogP contribution in [0.15, 0.2) is 42.5 Å². The molecular weight excluding hydrogens is 396 g/mol. The predicted molar refractivity (Wildman–Crippen MR) is 120 cm³/mol. The first-order chi connectivity index (χ1) is 14.8. The molecule has 0 saturated carbocycles. The van der Waals surface area contributed by atoms with Crippen molar-refractivity contribution >= 4 is 39.9 Å². The van der Waals surface area contributed by atoms with Crippen molar-refractivity contribution in [3.8, 4) is 0 Å². The number of hydrogen-bond acceptors (Lipinski definition) is 7. The molecule has 0 radical (unpaired) electrons. The minimum absolute atomic E-state index is 0.345. The molecule has 0 aliphatic carbocycles. The average molecular weight is 420 g/mol. The van der Waals surface area contributed by atoms with Crippen LogP contribution in [-0.4, -0.2) is 30.1 Å². The molecule has 4 aromatic rings. The van der Waals surface area contributed by atoms with Gasteiger partial charge in [-0.15, -0.1) is 0 Å². The number of carbonyl (C=O) groups excluding carboxylic acids is 1. The highest BCUT2D eigenvalue weighted by atomic mass is 16.3. The van der Waals surface area contributed by atoms with E-state index in [1.54, 1.807) is 24.3 Å². The van der Waals surface area contributed by atoms with Gasteiger partial charge in [-0.2, -0.15) is 0 Å². The number of benzene rings is 2. The Balaban J connectivity index is 1.57. The molecule has 2 aromatic heterocycles. The molecule has 0 bridgehead atoms. The van der Waals surface area contributed by atoms with Gasteiger partial charge < -0.3 is 37.2 Å². The highest BCUT2D eigenvalue weighted by Gasteiger charge is 2.13. The second-order valence-electron chi connectivity index (χ2n) is 7.35. The number of nitrogen functional groups attached to an aromatic ring is 2. The maximum atomic E-state index is 11.4. The second-order valence-corrected chi connectivity index (χ2v) is 7.35. The number of primary amides is 1. The summed E-state index contributed by atoms with van der Waals surface area (Å²) in [5.74, 6) is 0.207. The molecule has 0 aliphatic rings. The Hall–Kier alpha value is -3.89. The van der Waals surface area contributed by atoms with E-state index in [0.717, 1.165) is 16.6 Å². The van der Waals surface area contributed by atoms with Crippen molar-refractivity contribution in [2.45, 2.75) is 26.2 Å². The average Bonchev–Trinajstić information content (AvgIpc) is 3.20. The van der Waals surface area contributed by atoms with Gasteiger partial charge in [-0.25, -0.2) is 9.97 Å². The number of hydrogen-bond donors (Lipinski definition) is 5. The van der Waals surface area contributed by atoms with Crippen molar-refractivity contribution in [3.63, 3.8) is 0 Å². The quantitative estimate of drug-likeness (QED) is 0.229. The van der Waals surface area contributed by atoms with Crippen LogP contribution in [0.4, 0.5) is 11.9 Å². The second kappa shape index (κ2) is 7.74. The molecule has 10 heteroatoms. The van der Waals surface area contributed by atoms with Gasteiger partial charge in [-0.05, 0) is 48.4 Å². The number of aliphatic hydroxyl groups is 1. The minimum Gasteiger partial charge on any atom is -0.375 e.